The third-order valence-corrected chi connectivity index (χ3v) is 5.83. The Morgan fingerprint density at radius 3 is 2.38 bits per heavy atom. The van der Waals surface area contributed by atoms with Crippen molar-refractivity contribution >= 4 is 5.96 Å². The molecule has 2 N–H and O–H groups in total. The molecule has 0 unspecified atom stereocenters. The number of aliphatic imine (C=N–C) groups is 1. The first-order valence-electron chi connectivity index (χ1n) is 10.6. The Balaban J connectivity index is 1.75. The number of hydrogen-bond donors (Lipinski definition) is 2. The van der Waals surface area contributed by atoms with Crippen molar-refractivity contribution < 1.29 is 4.74 Å². The molecule has 0 amide bonds. The molecule has 26 heavy (non-hydrogen) atoms. The summed E-state index contributed by atoms with van der Waals surface area (Å²) in [4.78, 5) is 9.92. The summed E-state index contributed by atoms with van der Waals surface area (Å²) in [5.74, 6) is 1.82. The third-order valence-electron chi connectivity index (χ3n) is 5.83. The molecule has 2 saturated heterocycles. The van der Waals surface area contributed by atoms with Gasteiger partial charge in [-0.05, 0) is 65.6 Å². The fourth-order valence-corrected chi connectivity index (χ4v) is 3.87. The standard InChI is InChI=1S/C20H41N5O/c1-5-21-19(22-10-7-18-8-11-24(6-2)12-9-18)23-17-20(3,4)25-13-15-26-16-14-25/h18H,5-17H2,1-4H3,(H2,21,22,23). The van der Waals surface area contributed by atoms with Crippen LogP contribution in [0.5, 0.6) is 0 Å². The number of nitrogens with one attached hydrogen (secondary N) is 2. The van der Waals surface area contributed by atoms with Crippen LogP contribution in [-0.4, -0.2) is 86.9 Å². The molecule has 0 aliphatic carbocycles. The Labute approximate surface area is 160 Å². The van der Waals surface area contributed by atoms with Crippen molar-refractivity contribution in [3.63, 3.8) is 0 Å². The van der Waals surface area contributed by atoms with E-state index in [1.807, 2.05) is 0 Å². The predicted molar refractivity (Wildman–Crippen MR) is 110 cm³/mol. The van der Waals surface area contributed by atoms with Crippen LogP contribution < -0.4 is 10.6 Å². The van der Waals surface area contributed by atoms with Gasteiger partial charge in [-0.15, -0.1) is 0 Å². The largest absolute Gasteiger partial charge is 0.379 e. The highest BCUT2D eigenvalue weighted by atomic mass is 16.5. The topological polar surface area (TPSA) is 52.1 Å². The molecule has 2 heterocycles. The van der Waals surface area contributed by atoms with Crippen molar-refractivity contribution in [2.45, 2.75) is 52.5 Å². The lowest BCUT2D eigenvalue weighted by Crippen LogP contribution is -2.52. The van der Waals surface area contributed by atoms with Crippen LogP contribution in [-0.2, 0) is 4.74 Å². The number of guanidine groups is 1. The van der Waals surface area contributed by atoms with Crippen LogP contribution in [0.2, 0.25) is 0 Å². The molecule has 152 valence electrons. The number of ether oxygens (including phenoxy) is 1. The number of nitrogens with zero attached hydrogens (tertiary/aromatic N) is 3. The molecule has 6 heteroatoms. The molecule has 0 spiro atoms. The number of rotatable bonds is 8. The van der Waals surface area contributed by atoms with E-state index in [0.29, 0.717) is 0 Å². The van der Waals surface area contributed by atoms with Crippen molar-refractivity contribution in [2.24, 2.45) is 10.9 Å². The number of likely N-dealkylation sites (tertiary alicyclic amines) is 1. The minimum Gasteiger partial charge on any atom is -0.379 e. The fraction of sp³-hybridized carbons (Fsp3) is 0.950. The zero-order valence-electron chi connectivity index (χ0n) is 17.5. The number of morpholine rings is 1. The molecule has 0 aromatic rings. The fourth-order valence-electron chi connectivity index (χ4n) is 3.87. The average molecular weight is 368 g/mol. The van der Waals surface area contributed by atoms with E-state index in [0.717, 1.165) is 57.8 Å². The van der Waals surface area contributed by atoms with Crippen LogP contribution in [0.1, 0.15) is 47.0 Å². The second-order valence-electron chi connectivity index (χ2n) is 8.20. The highest BCUT2D eigenvalue weighted by Crippen LogP contribution is 2.19. The van der Waals surface area contributed by atoms with Gasteiger partial charge in [0.25, 0.3) is 0 Å². The van der Waals surface area contributed by atoms with Crippen LogP contribution in [0.15, 0.2) is 4.99 Å². The second kappa shape index (κ2) is 11.1. The van der Waals surface area contributed by atoms with Crippen LogP contribution in [0, 0.1) is 5.92 Å². The van der Waals surface area contributed by atoms with Gasteiger partial charge in [-0.25, -0.2) is 0 Å². The minimum atomic E-state index is 0.0686. The highest BCUT2D eigenvalue weighted by Gasteiger charge is 2.28. The molecule has 6 nitrogen and oxygen atoms in total. The molecule has 2 aliphatic rings. The van der Waals surface area contributed by atoms with E-state index in [1.165, 1.54) is 38.9 Å². The minimum absolute atomic E-state index is 0.0686. The van der Waals surface area contributed by atoms with Gasteiger partial charge in [0.15, 0.2) is 5.96 Å². The molecule has 0 radical (unpaired) electrons. The summed E-state index contributed by atoms with van der Waals surface area (Å²) in [5.41, 5.74) is 0.0686. The van der Waals surface area contributed by atoms with Gasteiger partial charge in [-0.2, -0.15) is 0 Å². The van der Waals surface area contributed by atoms with E-state index in [9.17, 15) is 0 Å². The Morgan fingerprint density at radius 1 is 1.08 bits per heavy atom. The van der Waals surface area contributed by atoms with Gasteiger partial charge in [-0.1, -0.05) is 6.92 Å². The summed E-state index contributed by atoms with van der Waals surface area (Å²) in [5, 5.41) is 6.95. The van der Waals surface area contributed by atoms with Gasteiger partial charge in [0.2, 0.25) is 0 Å². The summed E-state index contributed by atoms with van der Waals surface area (Å²) in [6.45, 7) is 19.1. The molecule has 0 saturated carbocycles. The van der Waals surface area contributed by atoms with E-state index < -0.39 is 0 Å². The Morgan fingerprint density at radius 2 is 1.77 bits per heavy atom. The van der Waals surface area contributed by atoms with Crippen molar-refractivity contribution in [2.75, 3.05) is 65.6 Å². The zero-order chi connectivity index (χ0) is 18.8. The predicted octanol–water partition coefficient (Wildman–Crippen LogP) is 1.77. The first-order valence-corrected chi connectivity index (χ1v) is 10.6. The molecule has 0 aromatic heterocycles. The molecule has 0 bridgehead atoms. The Hall–Kier alpha value is -0.850. The smallest absolute Gasteiger partial charge is 0.191 e. The first kappa shape index (κ1) is 21.5. The van der Waals surface area contributed by atoms with Gasteiger partial charge in [0.05, 0.1) is 19.8 Å². The number of hydrogen-bond acceptors (Lipinski definition) is 4. The van der Waals surface area contributed by atoms with Gasteiger partial charge in [-0.3, -0.25) is 9.89 Å². The van der Waals surface area contributed by atoms with Crippen LogP contribution in [0.25, 0.3) is 0 Å². The quantitative estimate of drug-likeness (QED) is 0.506. The lowest BCUT2D eigenvalue weighted by atomic mass is 9.93. The average Bonchev–Trinajstić information content (AvgIpc) is 2.67. The van der Waals surface area contributed by atoms with Crippen LogP contribution in [0.4, 0.5) is 0 Å². The van der Waals surface area contributed by atoms with Crippen molar-refractivity contribution in [3.8, 4) is 0 Å². The summed E-state index contributed by atoms with van der Waals surface area (Å²) in [7, 11) is 0. The van der Waals surface area contributed by atoms with Crippen LogP contribution >= 0.6 is 0 Å². The van der Waals surface area contributed by atoms with E-state index in [-0.39, 0.29) is 5.54 Å². The summed E-state index contributed by atoms with van der Waals surface area (Å²) in [6.07, 6.45) is 3.93. The van der Waals surface area contributed by atoms with Gasteiger partial charge >= 0.3 is 0 Å². The highest BCUT2D eigenvalue weighted by molar-refractivity contribution is 5.79. The van der Waals surface area contributed by atoms with Crippen LogP contribution in [0.3, 0.4) is 0 Å². The maximum atomic E-state index is 5.48. The van der Waals surface area contributed by atoms with Gasteiger partial charge in [0.1, 0.15) is 0 Å². The number of piperidine rings is 1. The lowest BCUT2D eigenvalue weighted by molar-refractivity contribution is -0.00683. The summed E-state index contributed by atoms with van der Waals surface area (Å²) < 4.78 is 5.48. The SMILES string of the molecule is CCNC(=NCC(C)(C)N1CCOCC1)NCCC1CCN(CC)CC1. The summed E-state index contributed by atoms with van der Waals surface area (Å²) in [6, 6.07) is 0. The molecule has 2 fully saturated rings. The molecule has 0 aromatic carbocycles. The Kier molecular flexibility index (Phi) is 9.16. The zero-order valence-corrected chi connectivity index (χ0v) is 17.5. The van der Waals surface area contributed by atoms with Gasteiger partial charge < -0.3 is 20.3 Å². The second-order valence-corrected chi connectivity index (χ2v) is 8.20. The monoisotopic (exact) mass is 367 g/mol. The van der Waals surface area contributed by atoms with E-state index in [4.69, 9.17) is 9.73 Å². The van der Waals surface area contributed by atoms with E-state index in [2.05, 4.69) is 48.1 Å². The van der Waals surface area contributed by atoms with E-state index >= 15 is 0 Å². The first-order chi connectivity index (χ1) is 12.5. The maximum Gasteiger partial charge on any atom is 0.191 e. The molecule has 2 aliphatic heterocycles. The molecule has 2 rings (SSSR count). The van der Waals surface area contributed by atoms with Gasteiger partial charge in [0, 0.05) is 31.7 Å². The lowest BCUT2D eigenvalue weighted by Gasteiger charge is -2.40. The molecular weight excluding hydrogens is 326 g/mol. The third kappa shape index (κ3) is 7.05. The molecule has 0 atom stereocenters. The molecular formula is C20H41N5O. The Bertz CT molecular complexity index is 412. The van der Waals surface area contributed by atoms with E-state index in [1.54, 1.807) is 0 Å². The van der Waals surface area contributed by atoms with Crippen molar-refractivity contribution in [1.82, 2.24) is 20.4 Å². The normalized spacial score (nSPS) is 21.8. The summed E-state index contributed by atoms with van der Waals surface area (Å²) >= 11 is 0. The van der Waals surface area contributed by atoms with Crippen molar-refractivity contribution in [3.05, 3.63) is 0 Å². The van der Waals surface area contributed by atoms with Crippen molar-refractivity contribution in [1.29, 1.82) is 0 Å². The maximum absolute atomic E-state index is 5.48.